The zero-order chi connectivity index (χ0) is 13.1. The summed E-state index contributed by atoms with van der Waals surface area (Å²) in [6.07, 6.45) is 5.58. The van der Waals surface area contributed by atoms with Gasteiger partial charge in [0, 0.05) is 14.1 Å². The second kappa shape index (κ2) is 5.64. The van der Waals surface area contributed by atoms with Crippen LogP contribution in [0.25, 0.3) is 11.5 Å². The Kier molecular flexibility index (Phi) is 4.15. The maximum atomic E-state index is 4.65. The predicted octanol–water partition coefficient (Wildman–Crippen LogP) is 2.48. The third kappa shape index (κ3) is 2.47. The van der Waals surface area contributed by atoms with Gasteiger partial charge < -0.3 is 9.88 Å². The Labute approximate surface area is 120 Å². The van der Waals surface area contributed by atoms with Gasteiger partial charge in [0.05, 0.1) is 21.8 Å². The lowest BCUT2D eigenvalue weighted by molar-refractivity contribution is 0.856. The van der Waals surface area contributed by atoms with Crippen molar-refractivity contribution in [1.82, 2.24) is 19.5 Å². The van der Waals surface area contributed by atoms with E-state index in [9.17, 15) is 0 Å². The number of hydrogen-bond acceptors (Lipinski definition) is 4. The van der Waals surface area contributed by atoms with Crippen LogP contribution in [0.15, 0.2) is 12.5 Å². The van der Waals surface area contributed by atoms with Crippen LogP contribution in [0.2, 0.25) is 0 Å². The molecule has 96 valence electrons. The molecule has 18 heavy (non-hydrogen) atoms. The number of halogens is 1. The highest BCUT2D eigenvalue weighted by atomic mass is 127. The monoisotopic (exact) mass is 357 g/mol. The van der Waals surface area contributed by atoms with Gasteiger partial charge in [0.1, 0.15) is 11.5 Å². The van der Waals surface area contributed by atoms with Crippen LogP contribution in [0.5, 0.6) is 0 Å². The lowest BCUT2D eigenvalue weighted by Gasteiger charge is -2.10. The van der Waals surface area contributed by atoms with E-state index in [0.717, 1.165) is 39.4 Å². The van der Waals surface area contributed by atoms with Crippen LogP contribution in [-0.2, 0) is 13.5 Å². The summed E-state index contributed by atoms with van der Waals surface area (Å²) < 4.78 is 3.03. The highest BCUT2D eigenvalue weighted by molar-refractivity contribution is 14.1. The molecule has 1 N–H and O–H groups in total. The van der Waals surface area contributed by atoms with Crippen molar-refractivity contribution < 1.29 is 0 Å². The fourth-order valence-corrected chi connectivity index (χ4v) is 2.53. The van der Waals surface area contributed by atoms with Crippen LogP contribution in [-0.4, -0.2) is 26.6 Å². The first-order valence-electron chi connectivity index (χ1n) is 5.88. The zero-order valence-corrected chi connectivity index (χ0v) is 12.9. The van der Waals surface area contributed by atoms with E-state index in [0.29, 0.717) is 0 Å². The molecule has 0 saturated carbocycles. The van der Waals surface area contributed by atoms with Gasteiger partial charge in [-0.05, 0) is 29.0 Å². The van der Waals surface area contributed by atoms with E-state index in [2.05, 4.69) is 49.8 Å². The largest absolute Gasteiger partial charge is 0.372 e. The van der Waals surface area contributed by atoms with E-state index in [-0.39, 0.29) is 0 Å². The van der Waals surface area contributed by atoms with E-state index in [1.54, 1.807) is 12.5 Å². The van der Waals surface area contributed by atoms with Crippen LogP contribution in [0.3, 0.4) is 0 Å². The minimum Gasteiger partial charge on any atom is -0.372 e. The van der Waals surface area contributed by atoms with Crippen molar-refractivity contribution >= 4 is 28.4 Å². The molecule has 0 fully saturated rings. The molecule has 2 rings (SSSR count). The number of nitrogens with zero attached hydrogens (tertiary/aromatic N) is 4. The Morgan fingerprint density at radius 1 is 1.39 bits per heavy atom. The quantitative estimate of drug-likeness (QED) is 0.855. The average molecular weight is 357 g/mol. The highest BCUT2D eigenvalue weighted by Gasteiger charge is 2.13. The lowest BCUT2D eigenvalue weighted by atomic mass is 10.2. The molecule has 2 heterocycles. The molecule has 0 aliphatic rings. The number of aryl methyl sites for hydroxylation is 2. The first-order chi connectivity index (χ1) is 8.67. The van der Waals surface area contributed by atoms with Gasteiger partial charge in [-0.2, -0.15) is 0 Å². The summed E-state index contributed by atoms with van der Waals surface area (Å²) in [5.41, 5.74) is 2.02. The average Bonchev–Trinajstić information content (AvgIpc) is 2.78. The fourth-order valence-electron chi connectivity index (χ4n) is 1.75. The van der Waals surface area contributed by atoms with E-state index in [1.165, 1.54) is 0 Å². The summed E-state index contributed by atoms with van der Waals surface area (Å²) >= 11 is 2.30. The van der Waals surface area contributed by atoms with E-state index >= 15 is 0 Å². The Morgan fingerprint density at radius 2 is 2.17 bits per heavy atom. The van der Waals surface area contributed by atoms with Gasteiger partial charge in [0.25, 0.3) is 0 Å². The number of imidazole rings is 1. The second-order valence-electron chi connectivity index (χ2n) is 4.05. The summed E-state index contributed by atoms with van der Waals surface area (Å²) in [6.45, 7) is 2.15. The molecular formula is C12H16IN5. The molecule has 6 heteroatoms. The first kappa shape index (κ1) is 13.3. The van der Waals surface area contributed by atoms with Crippen LogP contribution in [0.4, 0.5) is 5.82 Å². The Hall–Kier alpha value is -1.18. The second-order valence-corrected chi connectivity index (χ2v) is 5.13. The Bertz CT molecular complexity index is 549. The third-order valence-electron chi connectivity index (χ3n) is 2.69. The maximum Gasteiger partial charge on any atom is 0.180 e. The molecule has 2 aromatic heterocycles. The van der Waals surface area contributed by atoms with Crippen molar-refractivity contribution in [2.24, 2.45) is 7.05 Å². The lowest BCUT2D eigenvalue weighted by Crippen LogP contribution is -2.06. The van der Waals surface area contributed by atoms with Gasteiger partial charge in [0.2, 0.25) is 0 Å². The summed E-state index contributed by atoms with van der Waals surface area (Å²) in [4.78, 5) is 13.3. The van der Waals surface area contributed by atoms with Crippen molar-refractivity contribution in [3.05, 3.63) is 21.8 Å². The van der Waals surface area contributed by atoms with Gasteiger partial charge in [-0.25, -0.2) is 15.0 Å². The topological polar surface area (TPSA) is 55.6 Å². The smallest absolute Gasteiger partial charge is 0.180 e. The van der Waals surface area contributed by atoms with Gasteiger partial charge in [-0.1, -0.05) is 13.3 Å². The minimum absolute atomic E-state index is 0.725. The molecule has 0 saturated heterocycles. The van der Waals surface area contributed by atoms with Crippen LogP contribution < -0.4 is 5.32 Å². The zero-order valence-electron chi connectivity index (χ0n) is 10.7. The normalized spacial score (nSPS) is 10.7. The number of rotatable bonds is 4. The Balaban J connectivity index is 2.55. The van der Waals surface area contributed by atoms with Gasteiger partial charge >= 0.3 is 0 Å². The first-order valence-corrected chi connectivity index (χ1v) is 6.96. The minimum atomic E-state index is 0.725. The maximum absolute atomic E-state index is 4.65. The summed E-state index contributed by atoms with van der Waals surface area (Å²) in [5, 5.41) is 3.13. The molecule has 0 aliphatic heterocycles. The van der Waals surface area contributed by atoms with E-state index in [1.807, 2.05) is 18.7 Å². The van der Waals surface area contributed by atoms with Crippen molar-refractivity contribution in [3.63, 3.8) is 0 Å². The van der Waals surface area contributed by atoms with E-state index in [4.69, 9.17) is 0 Å². The van der Waals surface area contributed by atoms with Crippen molar-refractivity contribution in [2.45, 2.75) is 19.8 Å². The van der Waals surface area contributed by atoms with Crippen LogP contribution in [0, 0.1) is 3.57 Å². The molecule has 5 nitrogen and oxygen atoms in total. The molecule has 0 aliphatic carbocycles. The Morgan fingerprint density at radius 3 is 2.72 bits per heavy atom. The fraction of sp³-hybridized carbons (Fsp3) is 0.417. The molecule has 0 bridgehead atoms. The molecule has 0 aromatic carbocycles. The number of anilines is 1. The van der Waals surface area contributed by atoms with Gasteiger partial charge in [0.15, 0.2) is 5.82 Å². The highest BCUT2D eigenvalue weighted by Crippen LogP contribution is 2.24. The number of hydrogen-bond donors (Lipinski definition) is 1. The van der Waals surface area contributed by atoms with Crippen molar-refractivity contribution in [2.75, 3.05) is 12.4 Å². The molecule has 0 spiro atoms. The number of nitrogens with one attached hydrogen (secondary N) is 1. The summed E-state index contributed by atoms with van der Waals surface area (Å²) in [7, 11) is 3.83. The third-order valence-corrected chi connectivity index (χ3v) is 3.82. The standard InChI is InChI=1S/C12H16IN5/c1-4-5-8-10(13)12(14-2)17-11(16-8)9-6-15-7-18(9)3/h6-7H,4-5H2,1-3H3,(H,14,16,17). The SMILES string of the molecule is CCCc1nc(-c2cncn2C)nc(NC)c1I. The van der Waals surface area contributed by atoms with Gasteiger partial charge in [-0.15, -0.1) is 0 Å². The molecule has 0 radical (unpaired) electrons. The summed E-state index contributed by atoms with van der Waals surface area (Å²) in [6, 6.07) is 0. The summed E-state index contributed by atoms with van der Waals surface area (Å²) in [5.74, 6) is 1.61. The molecule has 0 amide bonds. The van der Waals surface area contributed by atoms with Crippen molar-refractivity contribution in [3.8, 4) is 11.5 Å². The molecule has 0 atom stereocenters. The van der Waals surface area contributed by atoms with Crippen LogP contribution in [0.1, 0.15) is 19.0 Å². The predicted molar refractivity (Wildman–Crippen MR) is 80.5 cm³/mol. The van der Waals surface area contributed by atoms with Crippen molar-refractivity contribution in [1.29, 1.82) is 0 Å². The molecule has 2 aromatic rings. The van der Waals surface area contributed by atoms with Crippen LogP contribution >= 0.6 is 22.6 Å². The van der Waals surface area contributed by atoms with E-state index < -0.39 is 0 Å². The molecule has 0 unspecified atom stereocenters. The number of aromatic nitrogens is 4. The molecular weight excluding hydrogens is 341 g/mol. The van der Waals surface area contributed by atoms with Gasteiger partial charge in [-0.3, -0.25) is 0 Å².